The molecule has 59 heavy (non-hydrogen) atoms. The Morgan fingerprint density at radius 1 is 0.847 bits per heavy atom. The number of rotatable bonds is 15. The first-order valence-corrected chi connectivity index (χ1v) is 18.6. The van der Waals surface area contributed by atoms with Crippen LogP contribution in [0.1, 0.15) is 58.6 Å². The summed E-state index contributed by atoms with van der Waals surface area (Å²) in [5, 5.41) is 7.90. The SMILES string of the molecule is C=C(NCC(F)(F)F)OC[C@@H]1CO[C@H](COc2c(F)cccc2NC(=C)C(NC(=O)OC(C)(C)C)C(c2ccc(F)cc2)c2ccc(F)cc2)CN1C(=O)OC(C)(C)C. The van der Waals surface area contributed by atoms with Crippen molar-refractivity contribution in [3.8, 4) is 5.75 Å². The summed E-state index contributed by atoms with van der Waals surface area (Å²) in [7, 11) is 0. The van der Waals surface area contributed by atoms with Crippen LogP contribution in [-0.4, -0.2) is 85.6 Å². The molecule has 0 saturated carbocycles. The van der Waals surface area contributed by atoms with Gasteiger partial charge in [-0.25, -0.2) is 22.8 Å². The fraction of sp³-hybridized carbons (Fsp3) is 0.429. The van der Waals surface area contributed by atoms with Crippen molar-refractivity contribution < 1.29 is 59.6 Å². The van der Waals surface area contributed by atoms with Crippen molar-refractivity contribution in [2.75, 3.05) is 38.2 Å². The minimum Gasteiger partial charge on any atom is -0.486 e. The number of morpholine rings is 1. The molecule has 3 atom stereocenters. The quantitative estimate of drug-likeness (QED) is 0.102. The highest BCUT2D eigenvalue weighted by Crippen LogP contribution is 2.35. The average Bonchev–Trinajstić information content (AvgIpc) is 3.12. The third-order valence-corrected chi connectivity index (χ3v) is 8.44. The van der Waals surface area contributed by atoms with Crippen molar-refractivity contribution in [2.45, 2.75) is 83.0 Å². The van der Waals surface area contributed by atoms with E-state index in [0.717, 1.165) is 6.07 Å². The smallest absolute Gasteiger partial charge is 0.410 e. The molecule has 2 amide bonds. The second-order valence-corrected chi connectivity index (χ2v) is 15.7. The Morgan fingerprint density at radius 2 is 1.42 bits per heavy atom. The van der Waals surface area contributed by atoms with Crippen molar-refractivity contribution in [2.24, 2.45) is 0 Å². The van der Waals surface area contributed by atoms with Gasteiger partial charge >= 0.3 is 18.4 Å². The molecular formula is C42H50F6N4O7. The van der Waals surface area contributed by atoms with Gasteiger partial charge in [-0.1, -0.05) is 36.9 Å². The first kappa shape index (κ1) is 46.1. The number of hydrogen-bond acceptors (Lipinski definition) is 9. The zero-order valence-electron chi connectivity index (χ0n) is 33.7. The van der Waals surface area contributed by atoms with E-state index in [-0.39, 0.29) is 49.4 Å². The molecule has 1 fully saturated rings. The molecule has 17 heteroatoms. The van der Waals surface area contributed by atoms with E-state index in [0.29, 0.717) is 11.1 Å². The van der Waals surface area contributed by atoms with Crippen LogP contribution < -0.4 is 20.7 Å². The molecule has 3 aromatic rings. The fourth-order valence-electron chi connectivity index (χ4n) is 5.89. The molecule has 1 saturated heterocycles. The minimum atomic E-state index is -4.51. The highest BCUT2D eigenvalue weighted by atomic mass is 19.4. The first-order chi connectivity index (χ1) is 27.5. The van der Waals surface area contributed by atoms with Gasteiger partial charge in [0, 0.05) is 11.6 Å². The van der Waals surface area contributed by atoms with Gasteiger partial charge in [0.2, 0.25) is 0 Å². The Labute approximate surface area is 339 Å². The van der Waals surface area contributed by atoms with E-state index in [4.69, 9.17) is 23.7 Å². The number of anilines is 1. The van der Waals surface area contributed by atoms with Crippen LogP contribution in [0.4, 0.5) is 41.6 Å². The van der Waals surface area contributed by atoms with Gasteiger partial charge in [0.05, 0.1) is 30.9 Å². The molecular weight excluding hydrogens is 786 g/mol. The molecule has 0 radical (unpaired) electrons. The van der Waals surface area contributed by atoms with Crippen molar-refractivity contribution in [3.63, 3.8) is 0 Å². The van der Waals surface area contributed by atoms with E-state index in [9.17, 15) is 31.5 Å². The number of nitrogens with one attached hydrogen (secondary N) is 3. The lowest BCUT2D eigenvalue weighted by Crippen LogP contribution is -2.56. The summed E-state index contributed by atoms with van der Waals surface area (Å²) in [5.74, 6) is -3.23. The van der Waals surface area contributed by atoms with Crippen LogP contribution in [0.5, 0.6) is 5.75 Å². The number of carbonyl (C=O) groups is 2. The number of alkyl halides is 3. The summed E-state index contributed by atoms with van der Waals surface area (Å²) in [6, 6.07) is 13.2. The second-order valence-electron chi connectivity index (χ2n) is 15.7. The summed E-state index contributed by atoms with van der Waals surface area (Å²) in [4.78, 5) is 27.9. The topological polar surface area (TPSA) is 120 Å². The van der Waals surface area contributed by atoms with Crippen LogP contribution >= 0.6 is 0 Å². The maximum absolute atomic E-state index is 15.6. The Balaban J connectivity index is 1.58. The summed E-state index contributed by atoms with van der Waals surface area (Å²) in [6.45, 7) is 15.4. The fourth-order valence-corrected chi connectivity index (χ4v) is 5.89. The third-order valence-electron chi connectivity index (χ3n) is 8.44. The summed E-state index contributed by atoms with van der Waals surface area (Å²) in [5.41, 5.74) is -0.560. The van der Waals surface area contributed by atoms with E-state index >= 15 is 4.39 Å². The molecule has 1 aliphatic rings. The largest absolute Gasteiger partial charge is 0.486 e. The molecule has 0 spiro atoms. The number of nitrogens with zero attached hydrogens (tertiary/aromatic N) is 1. The number of hydrogen-bond donors (Lipinski definition) is 3. The molecule has 4 rings (SSSR count). The second kappa shape index (κ2) is 19.4. The van der Waals surface area contributed by atoms with Crippen LogP contribution in [0, 0.1) is 17.5 Å². The van der Waals surface area contributed by atoms with Gasteiger partial charge in [0.1, 0.15) is 48.7 Å². The van der Waals surface area contributed by atoms with Crippen molar-refractivity contribution >= 4 is 17.9 Å². The van der Waals surface area contributed by atoms with Gasteiger partial charge in [0.15, 0.2) is 17.4 Å². The Bertz CT molecular complexity index is 1870. The summed E-state index contributed by atoms with van der Waals surface area (Å²) < 4.78 is 110. The maximum atomic E-state index is 15.6. The first-order valence-electron chi connectivity index (χ1n) is 18.6. The predicted octanol–water partition coefficient (Wildman–Crippen LogP) is 8.78. The molecule has 1 aliphatic heterocycles. The molecule has 1 unspecified atom stereocenters. The summed E-state index contributed by atoms with van der Waals surface area (Å²) in [6.07, 6.45) is -6.93. The summed E-state index contributed by atoms with van der Waals surface area (Å²) >= 11 is 0. The van der Waals surface area contributed by atoms with Gasteiger partial charge in [-0.2, -0.15) is 13.2 Å². The Morgan fingerprint density at radius 3 is 1.97 bits per heavy atom. The van der Waals surface area contributed by atoms with Gasteiger partial charge in [-0.05, 0) is 95.6 Å². The van der Waals surface area contributed by atoms with E-state index in [1.165, 1.54) is 65.6 Å². The number of para-hydroxylation sites is 1. The zero-order chi connectivity index (χ0) is 43.7. The number of carbonyl (C=O) groups excluding carboxylic acids is 2. The average molecular weight is 837 g/mol. The van der Waals surface area contributed by atoms with Crippen LogP contribution in [0.25, 0.3) is 0 Å². The molecule has 11 nitrogen and oxygen atoms in total. The molecule has 0 bridgehead atoms. The van der Waals surface area contributed by atoms with E-state index in [2.05, 4.69) is 23.8 Å². The minimum absolute atomic E-state index is 0.0823. The molecule has 3 aromatic carbocycles. The van der Waals surface area contributed by atoms with Gasteiger partial charge in [-0.3, -0.25) is 4.90 Å². The van der Waals surface area contributed by atoms with E-state index in [1.807, 2.05) is 5.32 Å². The lowest BCUT2D eigenvalue weighted by molar-refractivity contribution is -0.126. The van der Waals surface area contributed by atoms with E-state index in [1.54, 1.807) is 41.5 Å². The normalized spacial score (nSPS) is 16.5. The number of benzene rings is 3. The number of alkyl carbamates (subject to hydrolysis) is 1. The highest BCUT2D eigenvalue weighted by Gasteiger charge is 2.37. The number of ether oxygens (including phenoxy) is 5. The Kier molecular flexibility index (Phi) is 15.2. The standard InChI is InChI=1S/C42H50F6N4O7/c1-25(36(51-38(53)58-40(3,4)5)35(27-12-16-29(43)17-13-27)28-14-18-30(44)19-15-28)50-34-11-9-10-33(45)37(34)57-23-32-20-52(39(54)59-41(6,7)8)31(22-56-32)21-55-26(2)49-24-42(46,47)48/h9-19,31-32,35-36,49-50H,1-2,20-24H2,3-8H3,(H,51,53)/t31-,32+,36?/m1/s1. The van der Waals surface area contributed by atoms with E-state index < -0.39 is 77.7 Å². The molecule has 0 aromatic heterocycles. The van der Waals surface area contributed by atoms with Crippen LogP contribution in [-0.2, 0) is 18.9 Å². The lowest BCUT2D eigenvalue weighted by atomic mass is 9.83. The third kappa shape index (κ3) is 14.6. The van der Waals surface area contributed by atoms with Gasteiger partial charge in [0.25, 0.3) is 0 Å². The van der Waals surface area contributed by atoms with Crippen LogP contribution in [0.2, 0.25) is 0 Å². The van der Waals surface area contributed by atoms with Crippen molar-refractivity contribution in [1.82, 2.24) is 15.5 Å². The van der Waals surface area contributed by atoms with Crippen molar-refractivity contribution in [1.29, 1.82) is 0 Å². The number of amides is 2. The lowest BCUT2D eigenvalue weighted by Gasteiger charge is -2.39. The maximum Gasteiger partial charge on any atom is 0.410 e. The van der Waals surface area contributed by atoms with Crippen LogP contribution in [0.3, 0.4) is 0 Å². The van der Waals surface area contributed by atoms with Crippen LogP contribution in [0.15, 0.2) is 91.5 Å². The highest BCUT2D eigenvalue weighted by molar-refractivity contribution is 5.70. The molecule has 3 N–H and O–H groups in total. The predicted molar refractivity (Wildman–Crippen MR) is 208 cm³/mol. The molecule has 322 valence electrons. The van der Waals surface area contributed by atoms with Gasteiger partial charge < -0.3 is 39.6 Å². The molecule has 1 heterocycles. The number of halogens is 6. The van der Waals surface area contributed by atoms with Crippen molar-refractivity contribution in [3.05, 3.63) is 120 Å². The monoisotopic (exact) mass is 836 g/mol. The molecule has 0 aliphatic carbocycles. The zero-order valence-corrected chi connectivity index (χ0v) is 33.7. The Hall–Kier alpha value is -5.58. The van der Waals surface area contributed by atoms with Gasteiger partial charge in [-0.15, -0.1) is 0 Å².